The molecule has 2 heterocycles. The minimum absolute atomic E-state index is 0.0680. The Kier molecular flexibility index (Phi) is 5.53. The van der Waals surface area contributed by atoms with E-state index < -0.39 is 5.97 Å². The van der Waals surface area contributed by atoms with Gasteiger partial charge in [0, 0.05) is 33.3 Å². The zero-order chi connectivity index (χ0) is 18.7. The smallest absolute Gasteiger partial charge is 0.331 e. The summed E-state index contributed by atoms with van der Waals surface area (Å²) in [5.41, 5.74) is 1.80. The zero-order valence-corrected chi connectivity index (χ0v) is 16.5. The number of hydrogen-bond donors (Lipinski definition) is 0. The first kappa shape index (κ1) is 18.3. The lowest BCUT2D eigenvalue weighted by Gasteiger charge is -2.05. The largest absolute Gasteiger partial charge is 0.496 e. The quantitative estimate of drug-likeness (QED) is 0.453. The number of aromatic nitrogens is 2. The monoisotopic (exact) mass is 434 g/mol. The van der Waals surface area contributed by atoms with Crippen LogP contribution >= 0.6 is 27.3 Å². The number of carbonyl (C=O) groups excluding carboxylic acids is 1. The molecule has 1 aromatic carbocycles. The Hall–Kier alpha value is -2.45. The number of hydrogen-bond acceptors (Lipinski definition) is 6. The second kappa shape index (κ2) is 7.84. The van der Waals surface area contributed by atoms with Crippen LogP contribution in [0.4, 0.5) is 0 Å². The van der Waals surface area contributed by atoms with Crippen LogP contribution in [0, 0.1) is 6.92 Å². The first-order valence-corrected chi connectivity index (χ1v) is 9.30. The molecule has 0 aliphatic rings. The zero-order valence-electron chi connectivity index (χ0n) is 14.1. The number of esters is 1. The van der Waals surface area contributed by atoms with Gasteiger partial charge in [-0.25, -0.2) is 9.78 Å². The number of halogens is 1. The van der Waals surface area contributed by atoms with Crippen molar-refractivity contribution in [3.05, 3.63) is 67.5 Å². The molecule has 0 aliphatic heterocycles. The lowest BCUT2D eigenvalue weighted by Crippen LogP contribution is -2.16. The molecule has 3 aromatic rings. The van der Waals surface area contributed by atoms with Crippen LogP contribution in [0.5, 0.6) is 5.75 Å². The SMILES string of the molecule is COc1ccc(Br)cc1/C=C/C(=O)OCc1cc(=O)n2c(C)csc2n1. The highest BCUT2D eigenvalue weighted by Gasteiger charge is 2.08. The van der Waals surface area contributed by atoms with Crippen LogP contribution < -0.4 is 10.3 Å². The average Bonchev–Trinajstić information content (AvgIpc) is 2.99. The van der Waals surface area contributed by atoms with E-state index in [0.717, 1.165) is 15.7 Å². The van der Waals surface area contributed by atoms with E-state index >= 15 is 0 Å². The maximum Gasteiger partial charge on any atom is 0.331 e. The highest BCUT2D eigenvalue weighted by atomic mass is 79.9. The van der Waals surface area contributed by atoms with Crippen molar-refractivity contribution in [3.8, 4) is 5.75 Å². The fourth-order valence-electron chi connectivity index (χ4n) is 2.36. The molecular formula is C18H15BrN2O4S. The van der Waals surface area contributed by atoms with Gasteiger partial charge in [-0.2, -0.15) is 0 Å². The number of fused-ring (bicyclic) bond motifs is 1. The summed E-state index contributed by atoms with van der Waals surface area (Å²) in [5.74, 6) is 0.113. The van der Waals surface area contributed by atoms with Gasteiger partial charge in [0.15, 0.2) is 4.96 Å². The normalized spacial score (nSPS) is 11.2. The van der Waals surface area contributed by atoms with E-state index in [4.69, 9.17) is 9.47 Å². The van der Waals surface area contributed by atoms with Crippen LogP contribution in [0.15, 0.2) is 45.0 Å². The molecule has 0 amide bonds. The molecule has 0 atom stereocenters. The van der Waals surface area contributed by atoms with Gasteiger partial charge in [0.1, 0.15) is 12.4 Å². The Balaban J connectivity index is 1.70. The summed E-state index contributed by atoms with van der Waals surface area (Å²) in [5, 5.41) is 1.85. The second-order valence-corrected chi connectivity index (χ2v) is 7.16. The van der Waals surface area contributed by atoms with Gasteiger partial charge in [0.25, 0.3) is 5.56 Å². The fraction of sp³-hybridized carbons (Fsp3) is 0.167. The molecule has 0 bridgehead atoms. The minimum atomic E-state index is -0.531. The number of methoxy groups -OCH3 is 1. The lowest BCUT2D eigenvalue weighted by atomic mass is 10.2. The topological polar surface area (TPSA) is 69.9 Å². The Bertz CT molecular complexity index is 1060. The molecule has 6 nitrogen and oxygen atoms in total. The standard InChI is InChI=1S/C18H15BrN2O4S/c1-11-10-26-18-20-14(8-16(22)21(11)18)9-25-17(23)6-3-12-7-13(19)4-5-15(12)24-2/h3-8,10H,9H2,1-2H3/b6-3+. The van der Waals surface area contributed by atoms with Crippen LogP contribution in [0.1, 0.15) is 17.0 Å². The summed E-state index contributed by atoms with van der Waals surface area (Å²) in [6.45, 7) is 1.77. The Morgan fingerprint density at radius 1 is 1.38 bits per heavy atom. The van der Waals surface area contributed by atoms with Gasteiger partial charge >= 0.3 is 5.97 Å². The summed E-state index contributed by atoms with van der Waals surface area (Å²) >= 11 is 4.75. The third-order valence-corrected chi connectivity index (χ3v) is 5.02. The molecule has 0 saturated carbocycles. The Morgan fingerprint density at radius 2 is 2.19 bits per heavy atom. The van der Waals surface area contributed by atoms with Crippen molar-refractivity contribution in [2.24, 2.45) is 0 Å². The van der Waals surface area contributed by atoms with Gasteiger partial charge in [-0.1, -0.05) is 15.9 Å². The van der Waals surface area contributed by atoms with E-state index in [1.807, 2.05) is 24.4 Å². The number of rotatable bonds is 5. The van der Waals surface area contributed by atoms with Crippen molar-refractivity contribution in [1.82, 2.24) is 9.38 Å². The number of aryl methyl sites for hydroxylation is 1. The Labute approximate surface area is 161 Å². The summed E-state index contributed by atoms with van der Waals surface area (Å²) < 4.78 is 12.8. The minimum Gasteiger partial charge on any atom is -0.496 e. The molecule has 0 spiro atoms. The summed E-state index contributed by atoms with van der Waals surface area (Å²) in [6, 6.07) is 6.85. The van der Waals surface area contributed by atoms with Crippen molar-refractivity contribution in [2.75, 3.05) is 7.11 Å². The highest BCUT2D eigenvalue weighted by molar-refractivity contribution is 9.10. The fourth-order valence-corrected chi connectivity index (χ4v) is 3.63. The molecule has 0 aliphatic carbocycles. The van der Waals surface area contributed by atoms with Crippen LogP contribution in [-0.2, 0) is 16.1 Å². The third-order valence-electron chi connectivity index (χ3n) is 3.58. The number of ether oxygens (including phenoxy) is 2. The van der Waals surface area contributed by atoms with Crippen molar-refractivity contribution >= 4 is 44.3 Å². The van der Waals surface area contributed by atoms with Crippen LogP contribution in [0.2, 0.25) is 0 Å². The average molecular weight is 435 g/mol. The summed E-state index contributed by atoms with van der Waals surface area (Å²) in [7, 11) is 1.56. The van der Waals surface area contributed by atoms with Gasteiger partial charge in [0.05, 0.1) is 12.8 Å². The van der Waals surface area contributed by atoms with Gasteiger partial charge in [-0.15, -0.1) is 11.3 Å². The number of benzene rings is 1. The van der Waals surface area contributed by atoms with Crippen molar-refractivity contribution in [1.29, 1.82) is 0 Å². The van der Waals surface area contributed by atoms with Crippen LogP contribution in [0.3, 0.4) is 0 Å². The maximum atomic E-state index is 12.1. The van der Waals surface area contributed by atoms with Crippen LogP contribution in [-0.4, -0.2) is 22.5 Å². The molecule has 0 fully saturated rings. The molecule has 0 saturated heterocycles. The van der Waals surface area contributed by atoms with Gasteiger partial charge in [0.2, 0.25) is 0 Å². The summed E-state index contributed by atoms with van der Waals surface area (Å²) in [6.07, 6.45) is 2.92. The molecule has 0 unspecified atom stereocenters. The molecule has 8 heteroatoms. The lowest BCUT2D eigenvalue weighted by molar-refractivity contribution is -0.139. The maximum absolute atomic E-state index is 12.1. The molecule has 2 aromatic heterocycles. The molecule has 26 heavy (non-hydrogen) atoms. The number of carbonyl (C=O) groups is 1. The summed E-state index contributed by atoms with van der Waals surface area (Å²) in [4.78, 5) is 29.0. The molecule has 134 valence electrons. The molecule has 0 N–H and O–H groups in total. The van der Waals surface area contributed by atoms with Crippen LogP contribution in [0.25, 0.3) is 11.0 Å². The first-order valence-electron chi connectivity index (χ1n) is 7.63. The van der Waals surface area contributed by atoms with Gasteiger partial charge < -0.3 is 9.47 Å². The number of nitrogens with zero attached hydrogens (tertiary/aromatic N) is 2. The van der Waals surface area contributed by atoms with E-state index in [0.29, 0.717) is 16.4 Å². The third kappa shape index (κ3) is 4.03. The van der Waals surface area contributed by atoms with E-state index in [1.54, 1.807) is 19.3 Å². The van der Waals surface area contributed by atoms with Crippen molar-refractivity contribution in [2.45, 2.75) is 13.5 Å². The predicted octanol–water partition coefficient (Wildman–Crippen LogP) is 3.59. The van der Waals surface area contributed by atoms with E-state index in [9.17, 15) is 9.59 Å². The number of thiazole rings is 1. The second-order valence-electron chi connectivity index (χ2n) is 5.41. The van der Waals surface area contributed by atoms with E-state index in [-0.39, 0.29) is 12.2 Å². The Morgan fingerprint density at radius 3 is 2.96 bits per heavy atom. The van der Waals surface area contributed by atoms with Gasteiger partial charge in [-0.3, -0.25) is 9.20 Å². The van der Waals surface area contributed by atoms with Crippen molar-refractivity contribution < 1.29 is 14.3 Å². The molecule has 3 rings (SSSR count). The predicted molar refractivity (Wildman–Crippen MR) is 104 cm³/mol. The van der Waals surface area contributed by atoms with E-state index in [2.05, 4.69) is 20.9 Å². The molecular weight excluding hydrogens is 420 g/mol. The van der Waals surface area contributed by atoms with E-state index in [1.165, 1.54) is 27.9 Å². The highest BCUT2D eigenvalue weighted by Crippen LogP contribution is 2.24. The first-order chi connectivity index (χ1) is 12.5. The van der Waals surface area contributed by atoms with Gasteiger partial charge in [-0.05, 0) is 31.2 Å². The van der Waals surface area contributed by atoms with Crippen molar-refractivity contribution in [3.63, 3.8) is 0 Å². The molecule has 0 radical (unpaired) electrons.